The van der Waals surface area contributed by atoms with Gasteiger partial charge in [-0.1, -0.05) is 99.4 Å². The van der Waals surface area contributed by atoms with Crippen LogP contribution in [0.4, 0.5) is 5.82 Å². The lowest BCUT2D eigenvalue weighted by molar-refractivity contribution is -0.122. The molecule has 4 heterocycles. The molecule has 1 aromatic carbocycles. The van der Waals surface area contributed by atoms with Crippen molar-refractivity contribution in [3.63, 3.8) is 0 Å². The molecule has 216 valence electrons. The summed E-state index contributed by atoms with van der Waals surface area (Å²) in [6.45, 7) is 8.92. The molecule has 0 saturated carbocycles. The summed E-state index contributed by atoms with van der Waals surface area (Å²) in [6.07, 6.45) is 10.4. The molecule has 7 nitrogen and oxygen atoms in total. The van der Waals surface area contributed by atoms with Gasteiger partial charge in [0.25, 0.3) is 11.5 Å². The minimum absolute atomic E-state index is 0.110. The van der Waals surface area contributed by atoms with Gasteiger partial charge in [0.05, 0.1) is 10.5 Å². The van der Waals surface area contributed by atoms with Crippen LogP contribution in [0.2, 0.25) is 0 Å². The molecule has 0 aliphatic carbocycles. The highest BCUT2D eigenvalue weighted by Crippen LogP contribution is 2.34. The van der Waals surface area contributed by atoms with Crippen LogP contribution in [-0.4, -0.2) is 62.1 Å². The van der Waals surface area contributed by atoms with Crippen LogP contribution in [0.15, 0.2) is 58.4 Å². The maximum Gasteiger partial charge on any atom is 0.267 e. The fraction of sp³-hybridized carbons (Fsp3) is 0.438. The standard InChI is InChI=1S/C32H39N5O2S2/c1-3-4-5-6-7-11-16-36-31(39)27(41-32(36)40)21-26-29(33-28-15-14-24(2)22-37(28)30(26)38)35-19-17-34(18-20-35)23-25-12-9-8-10-13-25/h8-10,12-15,21-22H,3-7,11,16-20,23H2,1-2H3. The van der Waals surface area contributed by atoms with Crippen molar-refractivity contribution < 1.29 is 4.79 Å². The number of hydrogen-bond acceptors (Lipinski definition) is 7. The van der Waals surface area contributed by atoms with E-state index >= 15 is 0 Å². The van der Waals surface area contributed by atoms with Crippen LogP contribution >= 0.6 is 24.0 Å². The number of hydrogen-bond donors (Lipinski definition) is 0. The molecule has 0 N–H and O–H groups in total. The van der Waals surface area contributed by atoms with Crippen molar-refractivity contribution >= 4 is 51.7 Å². The Balaban J connectivity index is 1.38. The zero-order valence-corrected chi connectivity index (χ0v) is 25.7. The fourth-order valence-corrected chi connectivity index (χ4v) is 6.74. The van der Waals surface area contributed by atoms with Gasteiger partial charge >= 0.3 is 0 Å². The van der Waals surface area contributed by atoms with Gasteiger partial charge in [-0.2, -0.15) is 0 Å². The maximum absolute atomic E-state index is 13.9. The Kier molecular flexibility index (Phi) is 9.90. The minimum atomic E-state index is -0.165. The Morgan fingerprint density at radius 3 is 2.44 bits per heavy atom. The predicted octanol–water partition coefficient (Wildman–Crippen LogP) is 5.89. The van der Waals surface area contributed by atoms with Crippen molar-refractivity contribution in [1.82, 2.24) is 19.2 Å². The van der Waals surface area contributed by atoms with Crippen LogP contribution in [0.3, 0.4) is 0 Å². The first-order chi connectivity index (χ1) is 19.9. The third-order valence-electron chi connectivity index (χ3n) is 7.79. The molecular formula is C32H39N5O2S2. The van der Waals surface area contributed by atoms with Crippen LogP contribution in [0.1, 0.15) is 62.1 Å². The monoisotopic (exact) mass is 589 g/mol. The van der Waals surface area contributed by atoms with Crippen LogP contribution in [0, 0.1) is 6.92 Å². The summed E-state index contributed by atoms with van der Waals surface area (Å²) in [5, 5.41) is 0. The molecule has 2 saturated heterocycles. The predicted molar refractivity (Wildman–Crippen MR) is 173 cm³/mol. The number of piperazine rings is 1. The van der Waals surface area contributed by atoms with Gasteiger partial charge in [0.2, 0.25) is 0 Å². The molecule has 9 heteroatoms. The Bertz CT molecular complexity index is 1480. The molecule has 0 spiro atoms. The van der Waals surface area contributed by atoms with Gasteiger partial charge in [-0.05, 0) is 36.6 Å². The van der Waals surface area contributed by atoms with Gasteiger partial charge in [-0.3, -0.25) is 23.8 Å². The second-order valence-electron chi connectivity index (χ2n) is 10.9. The summed E-state index contributed by atoms with van der Waals surface area (Å²) in [5.74, 6) is 0.528. The van der Waals surface area contributed by atoms with E-state index in [0.29, 0.717) is 32.8 Å². The van der Waals surface area contributed by atoms with E-state index < -0.39 is 0 Å². The van der Waals surface area contributed by atoms with E-state index in [0.717, 1.165) is 51.1 Å². The lowest BCUT2D eigenvalue weighted by atomic mass is 10.1. The number of rotatable bonds is 11. The highest BCUT2D eigenvalue weighted by atomic mass is 32.2. The van der Waals surface area contributed by atoms with E-state index in [2.05, 4.69) is 41.0 Å². The number of benzene rings is 1. The maximum atomic E-state index is 13.9. The first kappa shape index (κ1) is 29.5. The molecular weight excluding hydrogens is 551 g/mol. The number of aromatic nitrogens is 2. The number of anilines is 1. The molecule has 2 aliphatic heterocycles. The van der Waals surface area contributed by atoms with Gasteiger partial charge in [-0.25, -0.2) is 4.98 Å². The summed E-state index contributed by atoms with van der Waals surface area (Å²) in [6, 6.07) is 14.3. The number of fused-ring (bicyclic) bond motifs is 1. The smallest absolute Gasteiger partial charge is 0.267 e. The van der Waals surface area contributed by atoms with Crippen LogP contribution < -0.4 is 10.5 Å². The van der Waals surface area contributed by atoms with Crippen molar-refractivity contribution in [1.29, 1.82) is 0 Å². The first-order valence-electron chi connectivity index (χ1n) is 14.7. The van der Waals surface area contributed by atoms with Crippen LogP contribution in [0.25, 0.3) is 11.7 Å². The molecule has 5 rings (SSSR count). The third kappa shape index (κ3) is 7.08. The number of amides is 1. The van der Waals surface area contributed by atoms with Gasteiger partial charge in [-0.15, -0.1) is 0 Å². The first-order valence-corrected chi connectivity index (χ1v) is 16.0. The summed E-state index contributed by atoms with van der Waals surface area (Å²) in [7, 11) is 0. The van der Waals surface area contributed by atoms with Crippen molar-refractivity contribution in [2.45, 2.75) is 58.9 Å². The van der Waals surface area contributed by atoms with Gasteiger partial charge in [0.15, 0.2) is 0 Å². The van der Waals surface area contributed by atoms with Crippen LogP contribution in [-0.2, 0) is 11.3 Å². The normalized spacial score (nSPS) is 17.4. The summed E-state index contributed by atoms with van der Waals surface area (Å²) in [4.78, 5) is 39.1. The molecule has 0 atom stereocenters. The number of nitrogens with zero attached hydrogens (tertiary/aromatic N) is 5. The number of carbonyl (C=O) groups excluding carboxylic acids is 1. The van der Waals surface area contributed by atoms with E-state index in [1.54, 1.807) is 15.4 Å². The largest absolute Gasteiger partial charge is 0.353 e. The Morgan fingerprint density at radius 2 is 1.68 bits per heavy atom. The van der Waals surface area contributed by atoms with Crippen molar-refractivity contribution in [2.24, 2.45) is 0 Å². The highest BCUT2D eigenvalue weighted by Gasteiger charge is 2.33. The number of unbranched alkanes of at least 4 members (excludes halogenated alkanes) is 5. The zero-order chi connectivity index (χ0) is 28.8. The molecule has 3 aromatic rings. The number of thiocarbonyl (C=S) groups is 1. The average Bonchev–Trinajstić information content (AvgIpc) is 3.25. The van der Waals surface area contributed by atoms with Crippen molar-refractivity contribution in [3.05, 3.63) is 80.6 Å². The summed E-state index contributed by atoms with van der Waals surface area (Å²) < 4.78 is 2.16. The number of pyridine rings is 1. The molecule has 0 unspecified atom stereocenters. The van der Waals surface area contributed by atoms with Crippen LogP contribution in [0.5, 0.6) is 0 Å². The quantitative estimate of drug-likeness (QED) is 0.157. The van der Waals surface area contributed by atoms with E-state index in [4.69, 9.17) is 17.2 Å². The third-order valence-corrected chi connectivity index (χ3v) is 9.17. The van der Waals surface area contributed by atoms with E-state index in [9.17, 15) is 9.59 Å². The molecule has 41 heavy (non-hydrogen) atoms. The molecule has 2 aromatic heterocycles. The summed E-state index contributed by atoms with van der Waals surface area (Å²) >= 11 is 6.88. The number of thioether (sulfide) groups is 1. The number of aryl methyl sites for hydroxylation is 1. The van der Waals surface area contributed by atoms with E-state index in [-0.39, 0.29) is 11.5 Å². The Morgan fingerprint density at radius 1 is 0.951 bits per heavy atom. The Labute approximate surface area is 252 Å². The van der Waals surface area contributed by atoms with Crippen molar-refractivity contribution in [3.8, 4) is 0 Å². The zero-order valence-electron chi connectivity index (χ0n) is 24.1. The number of carbonyl (C=O) groups is 1. The molecule has 1 amide bonds. The topological polar surface area (TPSA) is 61.2 Å². The second-order valence-corrected chi connectivity index (χ2v) is 12.6. The van der Waals surface area contributed by atoms with E-state index in [1.807, 2.05) is 31.3 Å². The summed E-state index contributed by atoms with van der Waals surface area (Å²) in [5.41, 5.74) is 3.16. The Hall–Kier alpha value is -3.01. The molecule has 2 fully saturated rings. The lowest BCUT2D eigenvalue weighted by Gasteiger charge is -2.36. The van der Waals surface area contributed by atoms with Gasteiger partial charge in [0.1, 0.15) is 15.8 Å². The molecule has 0 radical (unpaired) electrons. The van der Waals surface area contributed by atoms with Crippen molar-refractivity contribution in [2.75, 3.05) is 37.6 Å². The molecule has 0 bridgehead atoms. The SMILES string of the molecule is CCCCCCCCN1C(=O)C(=Cc2c(N3CCN(Cc4ccccc4)CC3)nc3ccc(C)cn3c2=O)SC1=S. The average molecular weight is 590 g/mol. The highest BCUT2D eigenvalue weighted by molar-refractivity contribution is 8.26. The van der Waals surface area contributed by atoms with Gasteiger partial charge in [0, 0.05) is 45.5 Å². The van der Waals surface area contributed by atoms with Gasteiger partial charge < -0.3 is 4.90 Å². The van der Waals surface area contributed by atoms with E-state index in [1.165, 1.54) is 43.0 Å². The minimum Gasteiger partial charge on any atom is -0.353 e. The second kappa shape index (κ2) is 13.8. The molecule has 2 aliphatic rings. The fourth-order valence-electron chi connectivity index (χ4n) is 5.45. The lowest BCUT2D eigenvalue weighted by Crippen LogP contribution is -2.47.